The molecule has 1 fully saturated rings. The summed E-state index contributed by atoms with van der Waals surface area (Å²) in [5.41, 5.74) is 0. The summed E-state index contributed by atoms with van der Waals surface area (Å²) in [7, 11) is -3.73. The van der Waals surface area contributed by atoms with E-state index in [9.17, 15) is 13.2 Å². The third-order valence-electron chi connectivity index (χ3n) is 3.22. The number of nitrogens with zero attached hydrogens (tertiary/aromatic N) is 2. The Morgan fingerprint density at radius 3 is 2.47 bits per heavy atom. The van der Waals surface area contributed by atoms with Crippen LogP contribution in [0, 0.1) is 0 Å². The van der Waals surface area contributed by atoms with E-state index in [1.807, 2.05) is 13.8 Å². The number of rotatable bonds is 4. The summed E-state index contributed by atoms with van der Waals surface area (Å²) in [5, 5.41) is 0. The largest absolute Gasteiger partial charge is 0.334 e. The number of urea groups is 1. The molecule has 104 valence electrons. The van der Waals surface area contributed by atoms with Gasteiger partial charge in [-0.25, -0.2) is 17.5 Å². The molecular formula is C13H18N2O3S. The summed E-state index contributed by atoms with van der Waals surface area (Å²) in [4.78, 5) is 14.0. The molecule has 0 N–H and O–H groups in total. The highest BCUT2D eigenvalue weighted by atomic mass is 32.2. The molecule has 19 heavy (non-hydrogen) atoms. The van der Waals surface area contributed by atoms with Crippen molar-refractivity contribution in [2.24, 2.45) is 0 Å². The van der Waals surface area contributed by atoms with Gasteiger partial charge in [0.05, 0.1) is 11.4 Å². The normalized spacial score (nSPS) is 20.1. The van der Waals surface area contributed by atoms with Crippen molar-refractivity contribution in [2.45, 2.75) is 31.2 Å². The Morgan fingerprint density at radius 2 is 1.89 bits per heavy atom. The van der Waals surface area contributed by atoms with Gasteiger partial charge in [0.25, 0.3) is 10.0 Å². The zero-order valence-electron chi connectivity index (χ0n) is 11.1. The van der Waals surface area contributed by atoms with E-state index in [0.717, 1.165) is 10.7 Å². The maximum Gasteiger partial charge on any atom is 0.334 e. The molecule has 1 aliphatic rings. The lowest BCUT2D eigenvalue weighted by molar-refractivity contribution is 0.199. The molecule has 1 heterocycles. The predicted octanol–water partition coefficient (Wildman–Crippen LogP) is 1.91. The molecule has 1 aliphatic heterocycles. The van der Waals surface area contributed by atoms with Crippen LogP contribution in [-0.4, -0.2) is 42.8 Å². The summed E-state index contributed by atoms with van der Waals surface area (Å²) in [6, 6.07) is 7.58. The number of carbonyl (C=O) groups excluding carboxylic acids is 1. The van der Waals surface area contributed by atoms with Gasteiger partial charge < -0.3 is 4.90 Å². The van der Waals surface area contributed by atoms with Crippen LogP contribution < -0.4 is 0 Å². The van der Waals surface area contributed by atoms with E-state index in [1.54, 1.807) is 23.1 Å². The fourth-order valence-electron chi connectivity index (χ4n) is 2.23. The predicted molar refractivity (Wildman–Crippen MR) is 72.2 cm³/mol. The van der Waals surface area contributed by atoms with Crippen molar-refractivity contribution in [3.63, 3.8) is 0 Å². The van der Waals surface area contributed by atoms with Gasteiger partial charge in [-0.05, 0) is 25.5 Å². The second kappa shape index (κ2) is 5.21. The maximum absolute atomic E-state index is 12.4. The topological polar surface area (TPSA) is 57.7 Å². The van der Waals surface area contributed by atoms with Gasteiger partial charge in [-0.3, -0.25) is 0 Å². The van der Waals surface area contributed by atoms with Crippen molar-refractivity contribution >= 4 is 16.1 Å². The first-order valence-electron chi connectivity index (χ1n) is 6.37. The first-order chi connectivity index (χ1) is 8.98. The van der Waals surface area contributed by atoms with Crippen LogP contribution in [0.2, 0.25) is 0 Å². The van der Waals surface area contributed by atoms with Crippen molar-refractivity contribution in [1.82, 2.24) is 9.21 Å². The summed E-state index contributed by atoms with van der Waals surface area (Å²) >= 11 is 0. The quantitative estimate of drug-likeness (QED) is 0.847. The van der Waals surface area contributed by atoms with E-state index in [-0.39, 0.29) is 17.5 Å². The highest BCUT2D eigenvalue weighted by molar-refractivity contribution is 7.89. The molecule has 0 spiro atoms. The van der Waals surface area contributed by atoms with E-state index in [4.69, 9.17) is 0 Å². The Kier molecular flexibility index (Phi) is 3.80. The van der Waals surface area contributed by atoms with Crippen molar-refractivity contribution in [1.29, 1.82) is 0 Å². The number of sulfonamides is 1. The van der Waals surface area contributed by atoms with Crippen LogP contribution in [0.4, 0.5) is 4.79 Å². The van der Waals surface area contributed by atoms with Crippen LogP contribution in [0.1, 0.15) is 20.3 Å². The SMILES string of the molecule is CCCN1C(=O)N(S(=O)(=O)c2ccccc2)CC1C. The molecule has 1 saturated heterocycles. The molecule has 0 saturated carbocycles. The van der Waals surface area contributed by atoms with Crippen LogP contribution >= 0.6 is 0 Å². The van der Waals surface area contributed by atoms with Crippen molar-refractivity contribution < 1.29 is 13.2 Å². The summed E-state index contributed by atoms with van der Waals surface area (Å²) in [6.45, 7) is 4.64. The molecule has 6 heteroatoms. The number of amides is 2. The maximum atomic E-state index is 12.4. The van der Waals surface area contributed by atoms with E-state index in [0.29, 0.717) is 6.54 Å². The molecule has 0 aliphatic carbocycles. The van der Waals surface area contributed by atoms with Gasteiger partial charge >= 0.3 is 6.03 Å². The van der Waals surface area contributed by atoms with E-state index >= 15 is 0 Å². The van der Waals surface area contributed by atoms with Crippen LogP contribution in [0.5, 0.6) is 0 Å². The molecule has 1 atom stereocenters. The Bertz CT molecular complexity index is 557. The van der Waals surface area contributed by atoms with Gasteiger partial charge in [-0.15, -0.1) is 0 Å². The fraction of sp³-hybridized carbons (Fsp3) is 0.462. The third kappa shape index (κ3) is 2.45. The Balaban J connectivity index is 2.31. The van der Waals surface area contributed by atoms with Gasteiger partial charge in [0.1, 0.15) is 0 Å². The molecule has 1 unspecified atom stereocenters. The minimum Gasteiger partial charge on any atom is -0.319 e. The van der Waals surface area contributed by atoms with E-state index in [1.165, 1.54) is 12.1 Å². The second-order valence-electron chi connectivity index (χ2n) is 4.67. The first-order valence-corrected chi connectivity index (χ1v) is 7.81. The zero-order valence-corrected chi connectivity index (χ0v) is 11.9. The highest BCUT2D eigenvalue weighted by Gasteiger charge is 2.41. The lowest BCUT2D eigenvalue weighted by atomic mass is 10.3. The van der Waals surface area contributed by atoms with Crippen LogP contribution in [0.15, 0.2) is 35.2 Å². The number of hydrogen-bond donors (Lipinski definition) is 0. The average Bonchev–Trinajstić information content (AvgIpc) is 2.69. The standard InChI is InChI=1S/C13H18N2O3S/c1-3-9-14-11(2)10-15(13(14)16)19(17,18)12-7-5-4-6-8-12/h4-8,11H,3,9-10H2,1-2H3. The van der Waals surface area contributed by atoms with Crippen molar-refractivity contribution in [3.05, 3.63) is 30.3 Å². The zero-order chi connectivity index (χ0) is 14.0. The van der Waals surface area contributed by atoms with Crippen LogP contribution in [-0.2, 0) is 10.0 Å². The molecule has 0 radical (unpaired) electrons. The average molecular weight is 282 g/mol. The monoisotopic (exact) mass is 282 g/mol. The van der Waals surface area contributed by atoms with Gasteiger partial charge in [0, 0.05) is 12.6 Å². The molecule has 1 aromatic carbocycles. The van der Waals surface area contributed by atoms with Crippen molar-refractivity contribution in [3.8, 4) is 0 Å². The molecule has 0 bridgehead atoms. The van der Waals surface area contributed by atoms with Gasteiger partial charge in [0.15, 0.2) is 0 Å². The van der Waals surface area contributed by atoms with Crippen LogP contribution in [0.3, 0.4) is 0 Å². The lowest BCUT2D eigenvalue weighted by Gasteiger charge is -2.19. The number of carbonyl (C=O) groups is 1. The smallest absolute Gasteiger partial charge is 0.319 e. The number of benzene rings is 1. The Hall–Kier alpha value is -1.56. The van der Waals surface area contributed by atoms with Crippen LogP contribution in [0.25, 0.3) is 0 Å². The fourth-order valence-corrected chi connectivity index (χ4v) is 3.70. The van der Waals surface area contributed by atoms with Gasteiger partial charge in [-0.2, -0.15) is 0 Å². The molecular weight excluding hydrogens is 264 g/mol. The molecule has 2 amide bonds. The Morgan fingerprint density at radius 1 is 1.26 bits per heavy atom. The van der Waals surface area contributed by atoms with Gasteiger partial charge in [-0.1, -0.05) is 25.1 Å². The van der Waals surface area contributed by atoms with Gasteiger partial charge in [0.2, 0.25) is 0 Å². The highest BCUT2D eigenvalue weighted by Crippen LogP contribution is 2.24. The summed E-state index contributed by atoms with van der Waals surface area (Å²) < 4.78 is 25.8. The third-order valence-corrected chi connectivity index (χ3v) is 4.97. The van der Waals surface area contributed by atoms with E-state index < -0.39 is 16.1 Å². The minimum atomic E-state index is -3.73. The summed E-state index contributed by atoms with van der Waals surface area (Å²) in [6.07, 6.45) is 0.815. The molecule has 2 rings (SSSR count). The van der Waals surface area contributed by atoms with E-state index in [2.05, 4.69) is 0 Å². The minimum absolute atomic E-state index is 0.0778. The lowest BCUT2D eigenvalue weighted by Crippen LogP contribution is -2.37. The first kappa shape index (κ1) is 13.9. The molecule has 0 aromatic heterocycles. The van der Waals surface area contributed by atoms with Crippen molar-refractivity contribution in [2.75, 3.05) is 13.1 Å². The second-order valence-corrected chi connectivity index (χ2v) is 6.54. The summed E-state index contributed by atoms with van der Waals surface area (Å²) in [5.74, 6) is 0. The molecule has 5 nitrogen and oxygen atoms in total. The molecule has 1 aromatic rings. The Labute approximate surface area is 113 Å². The number of hydrogen-bond acceptors (Lipinski definition) is 3.